The zero-order chi connectivity index (χ0) is 15.1. The summed E-state index contributed by atoms with van der Waals surface area (Å²) in [4.78, 5) is 4.59. The van der Waals surface area contributed by atoms with E-state index in [1.54, 1.807) is 10.8 Å². The second kappa shape index (κ2) is 5.05. The molecule has 3 aromatic rings. The van der Waals surface area contributed by atoms with Crippen LogP contribution in [0.15, 0.2) is 30.6 Å². The van der Waals surface area contributed by atoms with Crippen LogP contribution in [0.25, 0.3) is 5.65 Å². The van der Waals surface area contributed by atoms with Crippen molar-refractivity contribution in [1.82, 2.24) is 24.8 Å². The molecule has 1 atom stereocenters. The van der Waals surface area contributed by atoms with E-state index in [0.29, 0.717) is 5.92 Å². The van der Waals surface area contributed by atoms with E-state index >= 15 is 0 Å². The third kappa shape index (κ3) is 2.41. The molecule has 6 nitrogen and oxygen atoms in total. The summed E-state index contributed by atoms with van der Waals surface area (Å²) < 4.78 is 1.76. The van der Waals surface area contributed by atoms with Crippen molar-refractivity contribution in [2.45, 2.75) is 38.6 Å². The summed E-state index contributed by atoms with van der Waals surface area (Å²) in [5, 5.41) is 16.2. The fraction of sp³-hybridized carbons (Fsp3) is 0.375. The topological polar surface area (TPSA) is 68.0 Å². The maximum absolute atomic E-state index is 4.59. The number of nitrogens with one attached hydrogen (secondary N) is 1. The summed E-state index contributed by atoms with van der Waals surface area (Å²) in [6, 6.07) is 8.27. The second-order valence-electron chi connectivity index (χ2n) is 5.93. The number of hydrogen-bond donors (Lipinski definition) is 1. The predicted molar refractivity (Wildman–Crippen MR) is 83.8 cm³/mol. The van der Waals surface area contributed by atoms with Gasteiger partial charge in [-0.1, -0.05) is 6.07 Å². The van der Waals surface area contributed by atoms with E-state index in [1.165, 1.54) is 12.8 Å². The SMILES string of the molecule is Cc1cccc(C(C)Nc2cc(C3CC3)nn3cnnc23)n1. The Labute approximate surface area is 128 Å². The van der Waals surface area contributed by atoms with Crippen LogP contribution >= 0.6 is 0 Å². The summed E-state index contributed by atoms with van der Waals surface area (Å²) in [6.45, 7) is 4.11. The second-order valence-corrected chi connectivity index (χ2v) is 5.93. The third-order valence-corrected chi connectivity index (χ3v) is 4.01. The minimum Gasteiger partial charge on any atom is -0.374 e. The van der Waals surface area contributed by atoms with Gasteiger partial charge in [0.1, 0.15) is 6.33 Å². The first kappa shape index (κ1) is 13.2. The van der Waals surface area contributed by atoms with Gasteiger partial charge in [0.2, 0.25) is 5.65 Å². The molecule has 1 N–H and O–H groups in total. The van der Waals surface area contributed by atoms with E-state index in [-0.39, 0.29) is 6.04 Å². The highest BCUT2D eigenvalue weighted by Crippen LogP contribution is 2.40. The summed E-state index contributed by atoms with van der Waals surface area (Å²) >= 11 is 0. The van der Waals surface area contributed by atoms with E-state index in [2.05, 4.69) is 38.6 Å². The minimum absolute atomic E-state index is 0.0925. The van der Waals surface area contributed by atoms with Crippen LogP contribution in [-0.2, 0) is 0 Å². The number of fused-ring (bicyclic) bond motifs is 1. The minimum atomic E-state index is 0.0925. The largest absolute Gasteiger partial charge is 0.374 e. The van der Waals surface area contributed by atoms with Crippen LogP contribution < -0.4 is 5.32 Å². The van der Waals surface area contributed by atoms with Crippen molar-refractivity contribution in [3.63, 3.8) is 0 Å². The van der Waals surface area contributed by atoms with Crippen LogP contribution in [0.4, 0.5) is 5.69 Å². The van der Waals surface area contributed by atoms with Crippen molar-refractivity contribution in [2.24, 2.45) is 0 Å². The smallest absolute Gasteiger partial charge is 0.200 e. The molecular formula is C16H18N6. The number of anilines is 1. The Morgan fingerprint density at radius 1 is 1.32 bits per heavy atom. The maximum Gasteiger partial charge on any atom is 0.200 e. The van der Waals surface area contributed by atoms with Crippen molar-refractivity contribution >= 4 is 11.3 Å². The molecule has 112 valence electrons. The van der Waals surface area contributed by atoms with Gasteiger partial charge < -0.3 is 5.32 Å². The molecule has 1 aliphatic carbocycles. The lowest BCUT2D eigenvalue weighted by atomic mass is 10.2. The molecule has 0 amide bonds. The summed E-state index contributed by atoms with van der Waals surface area (Å²) in [7, 11) is 0. The zero-order valence-corrected chi connectivity index (χ0v) is 12.7. The van der Waals surface area contributed by atoms with Crippen molar-refractivity contribution in [3.8, 4) is 0 Å². The van der Waals surface area contributed by atoms with Crippen LogP contribution in [0.5, 0.6) is 0 Å². The highest BCUT2D eigenvalue weighted by molar-refractivity contribution is 5.67. The van der Waals surface area contributed by atoms with Crippen molar-refractivity contribution < 1.29 is 0 Å². The van der Waals surface area contributed by atoms with Crippen molar-refractivity contribution in [3.05, 3.63) is 47.7 Å². The first-order chi connectivity index (χ1) is 10.7. The molecule has 1 aliphatic rings. The van der Waals surface area contributed by atoms with E-state index < -0.39 is 0 Å². The fourth-order valence-electron chi connectivity index (χ4n) is 2.64. The molecule has 4 rings (SSSR count). The van der Waals surface area contributed by atoms with E-state index in [4.69, 9.17) is 0 Å². The molecule has 1 fully saturated rings. The molecule has 0 saturated heterocycles. The standard InChI is InChI=1S/C16H18N6/c1-10-4-3-5-13(18-10)11(2)19-15-8-14(12-6-7-12)21-22-9-17-20-16(15)22/h3-5,8-9,11-12,19H,6-7H2,1-2H3. The molecular weight excluding hydrogens is 276 g/mol. The van der Waals surface area contributed by atoms with Crippen molar-refractivity contribution in [2.75, 3.05) is 5.32 Å². The lowest BCUT2D eigenvalue weighted by Gasteiger charge is -2.16. The monoisotopic (exact) mass is 294 g/mol. The lowest BCUT2D eigenvalue weighted by Crippen LogP contribution is -2.11. The number of rotatable bonds is 4. The average molecular weight is 294 g/mol. The summed E-state index contributed by atoms with van der Waals surface area (Å²) in [5.41, 5.74) is 4.86. The van der Waals surface area contributed by atoms with Crippen LogP contribution in [0.1, 0.15) is 48.8 Å². The molecule has 0 aliphatic heterocycles. The zero-order valence-electron chi connectivity index (χ0n) is 12.7. The van der Waals surface area contributed by atoms with Gasteiger partial charge in [0.15, 0.2) is 0 Å². The van der Waals surface area contributed by atoms with E-state index in [1.807, 2.05) is 25.1 Å². The quantitative estimate of drug-likeness (QED) is 0.801. The fourth-order valence-corrected chi connectivity index (χ4v) is 2.64. The summed E-state index contributed by atoms with van der Waals surface area (Å²) in [5.74, 6) is 0.583. The van der Waals surface area contributed by atoms with Crippen LogP contribution in [-0.4, -0.2) is 24.8 Å². The lowest BCUT2D eigenvalue weighted by molar-refractivity contribution is 0.816. The molecule has 3 aromatic heterocycles. The Balaban J connectivity index is 1.69. The van der Waals surface area contributed by atoms with Crippen LogP contribution in [0.3, 0.4) is 0 Å². The van der Waals surface area contributed by atoms with E-state index in [9.17, 15) is 0 Å². The molecule has 3 heterocycles. The van der Waals surface area contributed by atoms with E-state index in [0.717, 1.165) is 28.4 Å². The van der Waals surface area contributed by atoms with Gasteiger partial charge in [-0.3, -0.25) is 4.98 Å². The molecule has 0 radical (unpaired) electrons. The maximum atomic E-state index is 4.59. The highest BCUT2D eigenvalue weighted by atomic mass is 15.3. The normalized spacial score (nSPS) is 15.9. The first-order valence-corrected chi connectivity index (χ1v) is 7.62. The molecule has 1 saturated carbocycles. The van der Waals surface area contributed by atoms with Crippen LogP contribution in [0, 0.1) is 6.92 Å². The Morgan fingerprint density at radius 2 is 2.18 bits per heavy atom. The van der Waals surface area contributed by atoms with Gasteiger partial charge in [0.05, 0.1) is 23.1 Å². The Morgan fingerprint density at radius 3 is 2.95 bits per heavy atom. The number of pyridine rings is 1. The van der Waals surface area contributed by atoms with Crippen molar-refractivity contribution in [1.29, 1.82) is 0 Å². The Bertz CT molecular complexity index is 820. The number of aryl methyl sites for hydroxylation is 1. The molecule has 0 bridgehead atoms. The third-order valence-electron chi connectivity index (χ3n) is 4.01. The first-order valence-electron chi connectivity index (χ1n) is 7.62. The number of nitrogens with zero attached hydrogens (tertiary/aromatic N) is 5. The van der Waals surface area contributed by atoms with Gasteiger partial charge in [-0.05, 0) is 44.9 Å². The van der Waals surface area contributed by atoms with Crippen LogP contribution in [0.2, 0.25) is 0 Å². The molecule has 22 heavy (non-hydrogen) atoms. The van der Waals surface area contributed by atoms with Gasteiger partial charge in [-0.25, -0.2) is 0 Å². The number of aromatic nitrogens is 5. The van der Waals surface area contributed by atoms with Gasteiger partial charge in [-0.15, -0.1) is 10.2 Å². The average Bonchev–Trinajstić information content (AvgIpc) is 3.25. The van der Waals surface area contributed by atoms with Gasteiger partial charge in [-0.2, -0.15) is 9.61 Å². The predicted octanol–water partition coefficient (Wildman–Crippen LogP) is 2.88. The van der Waals surface area contributed by atoms with Gasteiger partial charge in [0.25, 0.3) is 0 Å². The Hall–Kier alpha value is -2.50. The number of hydrogen-bond acceptors (Lipinski definition) is 5. The molecule has 1 unspecified atom stereocenters. The van der Waals surface area contributed by atoms with Gasteiger partial charge in [0, 0.05) is 11.6 Å². The molecule has 0 spiro atoms. The highest BCUT2D eigenvalue weighted by Gasteiger charge is 2.27. The Kier molecular flexibility index (Phi) is 3.03. The molecule has 6 heteroatoms. The van der Waals surface area contributed by atoms with Gasteiger partial charge >= 0.3 is 0 Å². The molecule has 0 aromatic carbocycles. The summed E-state index contributed by atoms with van der Waals surface area (Å²) in [6.07, 6.45) is 4.09.